The van der Waals surface area contributed by atoms with Gasteiger partial charge < -0.3 is 0 Å². The van der Waals surface area contributed by atoms with Crippen molar-refractivity contribution in [1.29, 1.82) is 0 Å². The minimum Gasteiger partial charge on any atom is -0.207 e. The Labute approximate surface area is 174 Å². The number of benzene rings is 2. The van der Waals surface area contributed by atoms with Crippen LogP contribution in [0, 0.1) is 6.92 Å². The lowest BCUT2D eigenvalue weighted by Crippen LogP contribution is -2.50. The van der Waals surface area contributed by atoms with E-state index in [2.05, 4.69) is 13.8 Å². The third kappa shape index (κ3) is 4.55. The van der Waals surface area contributed by atoms with Crippen LogP contribution in [-0.4, -0.2) is 51.6 Å². The fraction of sp³-hybridized carbons (Fsp3) is 0.429. The van der Waals surface area contributed by atoms with Crippen LogP contribution in [0.4, 0.5) is 0 Å². The summed E-state index contributed by atoms with van der Waals surface area (Å²) in [5.41, 5.74) is 2.10. The number of aryl methyl sites for hydroxylation is 1. The van der Waals surface area contributed by atoms with Crippen LogP contribution in [0.3, 0.4) is 0 Å². The number of rotatable bonds is 6. The standard InChI is InChI=1S/C21H28N2O4S2/c1-4-18(3)19-7-11-21(12-8-19)29(26,27)23-15-13-22(14-16-23)28(24,25)20-9-5-17(2)6-10-20/h5-12,18H,4,13-16H2,1-3H3/t18-/m1/s1. The number of nitrogens with zero attached hydrogens (tertiary/aromatic N) is 2. The molecule has 0 bridgehead atoms. The highest BCUT2D eigenvalue weighted by molar-refractivity contribution is 7.89. The molecule has 1 aliphatic rings. The van der Waals surface area contributed by atoms with Crippen LogP contribution in [0.15, 0.2) is 58.3 Å². The van der Waals surface area contributed by atoms with Gasteiger partial charge in [-0.2, -0.15) is 8.61 Å². The Balaban J connectivity index is 1.71. The van der Waals surface area contributed by atoms with E-state index in [0.717, 1.165) is 17.5 Å². The molecule has 1 aliphatic heterocycles. The summed E-state index contributed by atoms with van der Waals surface area (Å²) in [5, 5.41) is 0. The molecule has 1 atom stereocenters. The third-order valence-corrected chi connectivity index (χ3v) is 9.38. The minimum atomic E-state index is -3.64. The Morgan fingerprint density at radius 1 is 0.759 bits per heavy atom. The summed E-state index contributed by atoms with van der Waals surface area (Å²) in [6.07, 6.45) is 0.990. The highest BCUT2D eigenvalue weighted by Gasteiger charge is 2.33. The largest absolute Gasteiger partial charge is 0.243 e. The molecule has 1 saturated heterocycles. The zero-order valence-electron chi connectivity index (χ0n) is 17.1. The average molecular weight is 437 g/mol. The van der Waals surface area contributed by atoms with Crippen LogP contribution in [-0.2, 0) is 20.0 Å². The molecule has 1 fully saturated rings. The molecule has 6 nitrogen and oxygen atoms in total. The summed E-state index contributed by atoms with van der Waals surface area (Å²) < 4.78 is 54.3. The molecule has 0 radical (unpaired) electrons. The summed E-state index contributed by atoms with van der Waals surface area (Å²) in [5.74, 6) is 0.377. The van der Waals surface area contributed by atoms with Gasteiger partial charge in [-0.3, -0.25) is 0 Å². The molecular weight excluding hydrogens is 408 g/mol. The fourth-order valence-corrected chi connectivity index (χ4v) is 6.21. The molecule has 8 heteroatoms. The van der Waals surface area contributed by atoms with E-state index in [0.29, 0.717) is 5.92 Å². The first-order valence-electron chi connectivity index (χ1n) is 9.83. The van der Waals surface area contributed by atoms with Crippen LogP contribution < -0.4 is 0 Å². The lowest BCUT2D eigenvalue weighted by Gasteiger charge is -2.33. The minimum absolute atomic E-state index is 0.139. The molecule has 0 aromatic heterocycles. The highest BCUT2D eigenvalue weighted by atomic mass is 32.2. The smallest absolute Gasteiger partial charge is 0.207 e. The van der Waals surface area contributed by atoms with E-state index >= 15 is 0 Å². The van der Waals surface area contributed by atoms with E-state index in [1.165, 1.54) is 8.61 Å². The van der Waals surface area contributed by atoms with Gasteiger partial charge in [0.2, 0.25) is 20.0 Å². The van der Waals surface area contributed by atoms with Crippen molar-refractivity contribution in [3.8, 4) is 0 Å². The second-order valence-electron chi connectivity index (χ2n) is 7.50. The zero-order chi connectivity index (χ0) is 21.2. The third-order valence-electron chi connectivity index (χ3n) is 5.56. The molecule has 0 spiro atoms. The molecule has 0 aliphatic carbocycles. The SMILES string of the molecule is CC[C@@H](C)c1ccc(S(=O)(=O)N2CCN(S(=O)(=O)c3ccc(C)cc3)CC2)cc1. The Morgan fingerprint density at radius 3 is 1.52 bits per heavy atom. The predicted octanol–water partition coefficient (Wildman–Crippen LogP) is 3.20. The molecule has 2 aromatic carbocycles. The summed E-state index contributed by atoms with van der Waals surface area (Å²) in [4.78, 5) is 0.486. The molecule has 0 amide bonds. The Bertz CT molecular complexity index is 1040. The van der Waals surface area contributed by atoms with Gasteiger partial charge >= 0.3 is 0 Å². The molecule has 2 aromatic rings. The molecule has 3 rings (SSSR count). The van der Waals surface area contributed by atoms with Gasteiger partial charge in [0.25, 0.3) is 0 Å². The number of hydrogen-bond acceptors (Lipinski definition) is 4. The molecule has 0 unspecified atom stereocenters. The molecule has 29 heavy (non-hydrogen) atoms. The van der Waals surface area contributed by atoms with Crippen molar-refractivity contribution in [1.82, 2.24) is 8.61 Å². The maximum Gasteiger partial charge on any atom is 0.243 e. The average Bonchev–Trinajstić information content (AvgIpc) is 2.73. The van der Waals surface area contributed by atoms with Crippen LogP contribution in [0.2, 0.25) is 0 Å². The van der Waals surface area contributed by atoms with Crippen molar-refractivity contribution in [3.63, 3.8) is 0 Å². The van der Waals surface area contributed by atoms with E-state index < -0.39 is 20.0 Å². The summed E-state index contributed by atoms with van der Waals surface area (Å²) >= 11 is 0. The van der Waals surface area contributed by atoms with Gasteiger partial charge in [-0.05, 0) is 49.1 Å². The molecule has 1 heterocycles. The van der Waals surface area contributed by atoms with E-state index in [1.807, 2.05) is 19.1 Å². The van der Waals surface area contributed by atoms with E-state index in [-0.39, 0.29) is 36.0 Å². The fourth-order valence-electron chi connectivity index (χ4n) is 3.36. The van der Waals surface area contributed by atoms with E-state index in [9.17, 15) is 16.8 Å². The van der Waals surface area contributed by atoms with Crippen molar-refractivity contribution < 1.29 is 16.8 Å². The van der Waals surface area contributed by atoms with Gasteiger partial charge in [0.15, 0.2) is 0 Å². The maximum absolute atomic E-state index is 13.0. The van der Waals surface area contributed by atoms with Crippen molar-refractivity contribution in [3.05, 3.63) is 59.7 Å². The lowest BCUT2D eigenvalue weighted by molar-refractivity contribution is 0.273. The van der Waals surface area contributed by atoms with Crippen LogP contribution in [0.5, 0.6) is 0 Å². The first-order valence-corrected chi connectivity index (χ1v) is 12.7. The van der Waals surface area contributed by atoms with Gasteiger partial charge in [0, 0.05) is 26.2 Å². The van der Waals surface area contributed by atoms with Gasteiger partial charge in [0.05, 0.1) is 9.79 Å². The second kappa shape index (κ2) is 8.55. The van der Waals surface area contributed by atoms with Gasteiger partial charge in [-0.25, -0.2) is 16.8 Å². The molecule has 0 N–H and O–H groups in total. The summed E-state index contributed by atoms with van der Waals surface area (Å²) in [7, 11) is -7.26. The Morgan fingerprint density at radius 2 is 1.14 bits per heavy atom. The highest BCUT2D eigenvalue weighted by Crippen LogP contribution is 2.24. The van der Waals surface area contributed by atoms with E-state index in [4.69, 9.17) is 0 Å². The number of sulfonamides is 2. The maximum atomic E-state index is 13.0. The monoisotopic (exact) mass is 436 g/mol. The Kier molecular flexibility index (Phi) is 6.48. The second-order valence-corrected chi connectivity index (χ2v) is 11.4. The Hall–Kier alpha value is -1.74. The number of hydrogen-bond donors (Lipinski definition) is 0. The quantitative estimate of drug-likeness (QED) is 0.697. The zero-order valence-corrected chi connectivity index (χ0v) is 18.7. The first kappa shape index (κ1) is 22.0. The van der Waals surface area contributed by atoms with Crippen molar-refractivity contribution in [2.75, 3.05) is 26.2 Å². The number of piperazine rings is 1. The van der Waals surface area contributed by atoms with Crippen LogP contribution in [0.1, 0.15) is 37.3 Å². The van der Waals surface area contributed by atoms with Gasteiger partial charge in [-0.15, -0.1) is 0 Å². The van der Waals surface area contributed by atoms with Gasteiger partial charge in [0.1, 0.15) is 0 Å². The summed E-state index contributed by atoms with van der Waals surface area (Å²) in [6.45, 7) is 6.66. The topological polar surface area (TPSA) is 74.8 Å². The van der Waals surface area contributed by atoms with E-state index in [1.54, 1.807) is 36.4 Å². The van der Waals surface area contributed by atoms with Gasteiger partial charge in [-0.1, -0.05) is 43.7 Å². The molecule has 158 valence electrons. The normalized spacial score (nSPS) is 17.9. The lowest BCUT2D eigenvalue weighted by atomic mass is 9.99. The summed E-state index contributed by atoms with van der Waals surface area (Å²) in [6, 6.07) is 13.7. The predicted molar refractivity (Wildman–Crippen MR) is 114 cm³/mol. The van der Waals surface area contributed by atoms with Crippen molar-refractivity contribution in [2.24, 2.45) is 0 Å². The van der Waals surface area contributed by atoms with Crippen LogP contribution in [0.25, 0.3) is 0 Å². The van der Waals surface area contributed by atoms with Crippen LogP contribution >= 0.6 is 0 Å². The first-order chi connectivity index (χ1) is 13.7. The molecular formula is C21H28N2O4S2. The molecule has 0 saturated carbocycles. The van der Waals surface area contributed by atoms with Crippen molar-refractivity contribution in [2.45, 2.75) is 42.9 Å². The van der Waals surface area contributed by atoms with Crippen molar-refractivity contribution >= 4 is 20.0 Å².